The first-order valence-electron chi connectivity index (χ1n) is 7.65. The number of aromatic carboxylic acids is 1. The van der Waals surface area contributed by atoms with E-state index in [-0.39, 0.29) is 24.0 Å². The van der Waals surface area contributed by atoms with Gasteiger partial charge in [-0.2, -0.15) is 0 Å². The lowest BCUT2D eigenvalue weighted by Crippen LogP contribution is -2.29. The highest BCUT2D eigenvalue weighted by Crippen LogP contribution is 2.36. The molecule has 0 spiro atoms. The Labute approximate surface area is 158 Å². The summed E-state index contributed by atoms with van der Waals surface area (Å²) >= 11 is 3.42. The van der Waals surface area contributed by atoms with Gasteiger partial charge in [0.2, 0.25) is 0 Å². The quantitative estimate of drug-likeness (QED) is 0.775. The highest BCUT2D eigenvalue weighted by Gasteiger charge is 2.27. The SMILES string of the molecule is CCc1cc(C(=O)O)c(=O)n2cc(F)c(N3CCC(N)C3)c(Br)c12.Cl. The van der Waals surface area contributed by atoms with Crippen LogP contribution in [0.4, 0.5) is 10.1 Å². The van der Waals surface area contributed by atoms with Crippen molar-refractivity contribution in [3.63, 3.8) is 0 Å². The number of carbonyl (C=O) groups is 1. The van der Waals surface area contributed by atoms with E-state index >= 15 is 0 Å². The minimum atomic E-state index is -1.32. The number of nitrogens with two attached hydrogens (primary N) is 1. The van der Waals surface area contributed by atoms with Crippen molar-refractivity contribution in [2.75, 3.05) is 18.0 Å². The van der Waals surface area contributed by atoms with E-state index in [9.17, 15) is 19.1 Å². The van der Waals surface area contributed by atoms with Gasteiger partial charge in [-0.15, -0.1) is 12.4 Å². The second kappa shape index (κ2) is 7.31. The summed E-state index contributed by atoms with van der Waals surface area (Å²) in [5.74, 6) is -1.91. The average molecular weight is 435 g/mol. The van der Waals surface area contributed by atoms with Crippen LogP contribution in [0.5, 0.6) is 0 Å². The molecule has 2 aromatic rings. The van der Waals surface area contributed by atoms with E-state index in [1.807, 2.05) is 11.8 Å². The number of hydrogen-bond donors (Lipinski definition) is 2. The van der Waals surface area contributed by atoms with E-state index in [1.54, 1.807) is 0 Å². The fraction of sp³-hybridized carbons (Fsp3) is 0.375. The lowest BCUT2D eigenvalue weighted by atomic mass is 10.1. The van der Waals surface area contributed by atoms with Gasteiger partial charge >= 0.3 is 5.97 Å². The van der Waals surface area contributed by atoms with Crippen molar-refractivity contribution >= 4 is 45.5 Å². The van der Waals surface area contributed by atoms with E-state index in [2.05, 4.69) is 15.9 Å². The van der Waals surface area contributed by atoms with Crippen LogP contribution < -0.4 is 16.2 Å². The normalized spacial score (nSPS) is 17.0. The maximum absolute atomic E-state index is 14.7. The number of rotatable bonds is 3. The minimum absolute atomic E-state index is 0. The molecule has 0 radical (unpaired) electrons. The van der Waals surface area contributed by atoms with Crippen LogP contribution in [0.1, 0.15) is 29.3 Å². The van der Waals surface area contributed by atoms with Crippen molar-refractivity contribution in [3.05, 3.63) is 44.0 Å². The van der Waals surface area contributed by atoms with Crippen LogP contribution in [0.25, 0.3) is 5.52 Å². The fourth-order valence-corrected chi connectivity index (χ4v) is 4.04. The largest absolute Gasteiger partial charge is 0.477 e. The lowest BCUT2D eigenvalue weighted by molar-refractivity contribution is 0.0694. The molecule has 1 aliphatic rings. The summed E-state index contributed by atoms with van der Waals surface area (Å²) in [7, 11) is 0. The van der Waals surface area contributed by atoms with Gasteiger partial charge in [0.25, 0.3) is 5.56 Å². The Morgan fingerprint density at radius 1 is 1.52 bits per heavy atom. The molecule has 0 aliphatic carbocycles. The number of aryl methyl sites for hydroxylation is 1. The van der Waals surface area contributed by atoms with Crippen molar-refractivity contribution in [2.24, 2.45) is 5.73 Å². The van der Waals surface area contributed by atoms with E-state index in [0.29, 0.717) is 40.8 Å². The van der Waals surface area contributed by atoms with E-state index in [1.165, 1.54) is 6.07 Å². The number of anilines is 1. The molecular formula is C16H18BrClFN3O3. The molecule has 136 valence electrons. The number of halogens is 3. The van der Waals surface area contributed by atoms with Gasteiger partial charge in [-0.1, -0.05) is 6.92 Å². The zero-order valence-corrected chi connectivity index (χ0v) is 15.9. The van der Waals surface area contributed by atoms with Crippen LogP contribution in [-0.2, 0) is 6.42 Å². The summed E-state index contributed by atoms with van der Waals surface area (Å²) in [5.41, 5.74) is 6.30. The second-order valence-corrected chi connectivity index (χ2v) is 6.69. The smallest absolute Gasteiger partial charge is 0.341 e. The minimum Gasteiger partial charge on any atom is -0.477 e. The molecule has 1 aliphatic heterocycles. The Morgan fingerprint density at radius 2 is 2.20 bits per heavy atom. The van der Waals surface area contributed by atoms with Gasteiger partial charge in [-0.25, -0.2) is 9.18 Å². The van der Waals surface area contributed by atoms with E-state index in [4.69, 9.17) is 5.73 Å². The Bertz CT molecular complexity index is 903. The molecule has 1 atom stereocenters. The number of fused-ring (bicyclic) bond motifs is 1. The molecule has 1 unspecified atom stereocenters. The Hall–Kier alpha value is -1.64. The number of aromatic nitrogens is 1. The van der Waals surface area contributed by atoms with E-state index in [0.717, 1.165) is 17.0 Å². The van der Waals surface area contributed by atoms with Gasteiger partial charge in [-0.05, 0) is 40.4 Å². The number of nitrogens with zero attached hydrogens (tertiary/aromatic N) is 2. The summed E-state index contributed by atoms with van der Waals surface area (Å²) in [4.78, 5) is 25.5. The fourth-order valence-electron chi connectivity index (χ4n) is 3.15. The summed E-state index contributed by atoms with van der Waals surface area (Å²) in [5, 5.41) is 9.20. The van der Waals surface area contributed by atoms with Crippen molar-refractivity contribution < 1.29 is 14.3 Å². The van der Waals surface area contributed by atoms with Crippen LogP contribution in [0, 0.1) is 5.82 Å². The first-order valence-corrected chi connectivity index (χ1v) is 8.44. The molecule has 3 rings (SSSR count). The third-order valence-electron chi connectivity index (χ3n) is 4.35. The Balaban J connectivity index is 0.00000225. The molecule has 25 heavy (non-hydrogen) atoms. The van der Waals surface area contributed by atoms with Crippen LogP contribution >= 0.6 is 28.3 Å². The van der Waals surface area contributed by atoms with Gasteiger partial charge in [-0.3, -0.25) is 9.20 Å². The third kappa shape index (κ3) is 3.26. The molecule has 0 bridgehead atoms. The highest BCUT2D eigenvalue weighted by atomic mass is 79.9. The first kappa shape index (κ1) is 19.7. The van der Waals surface area contributed by atoms with Gasteiger partial charge in [0.05, 0.1) is 21.9 Å². The average Bonchev–Trinajstić information content (AvgIpc) is 2.94. The van der Waals surface area contributed by atoms with Gasteiger partial charge in [0, 0.05) is 19.1 Å². The molecule has 1 saturated heterocycles. The maximum Gasteiger partial charge on any atom is 0.341 e. The highest BCUT2D eigenvalue weighted by molar-refractivity contribution is 9.10. The monoisotopic (exact) mass is 433 g/mol. The number of carboxylic acids is 1. The molecule has 0 amide bonds. The molecule has 1 fully saturated rings. The predicted molar refractivity (Wildman–Crippen MR) is 99.7 cm³/mol. The Morgan fingerprint density at radius 3 is 2.72 bits per heavy atom. The van der Waals surface area contributed by atoms with Crippen LogP contribution in [0.2, 0.25) is 0 Å². The van der Waals surface area contributed by atoms with Gasteiger partial charge in [0.15, 0.2) is 5.82 Å². The zero-order chi connectivity index (χ0) is 17.6. The van der Waals surface area contributed by atoms with Crippen LogP contribution in [-0.4, -0.2) is 34.6 Å². The summed E-state index contributed by atoms with van der Waals surface area (Å²) < 4.78 is 16.2. The van der Waals surface area contributed by atoms with Gasteiger partial charge < -0.3 is 15.7 Å². The van der Waals surface area contributed by atoms with Crippen LogP contribution in [0.3, 0.4) is 0 Å². The molecular weight excluding hydrogens is 417 g/mol. The van der Waals surface area contributed by atoms with Crippen molar-refractivity contribution in [2.45, 2.75) is 25.8 Å². The molecule has 9 heteroatoms. The summed E-state index contributed by atoms with van der Waals surface area (Å²) in [6.45, 7) is 3.02. The van der Waals surface area contributed by atoms with Crippen LogP contribution in [0.15, 0.2) is 21.5 Å². The number of carboxylic acid groups (broad SMARTS) is 1. The molecule has 3 N–H and O–H groups in total. The molecule has 0 saturated carbocycles. The third-order valence-corrected chi connectivity index (χ3v) is 5.10. The molecule has 3 heterocycles. The van der Waals surface area contributed by atoms with E-state index < -0.39 is 17.3 Å². The summed E-state index contributed by atoms with van der Waals surface area (Å²) in [6.07, 6.45) is 2.34. The molecule has 6 nitrogen and oxygen atoms in total. The van der Waals surface area contributed by atoms with Crippen molar-refractivity contribution in [1.82, 2.24) is 4.40 Å². The van der Waals surface area contributed by atoms with Crippen molar-refractivity contribution in [1.29, 1.82) is 0 Å². The van der Waals surface area contributed by atoms with Crippen molar-refractivity contribution in [3.8, 4) is 0 Å². The predicted octanol–water partition coefficient (Wildman–Crippen LogP) is 2.42. The lowest BCUT2D eigenvalue weighted by Gasteiger charge is -2.22. The number of pyridine rings is 2. The second-order valence-electron chi connectivity index (χ2n) is 5.90. The number of hydrogen-bond acceptors (Lipinski definition) is 4. The topological polar surface area (TPSA) is 88.0 Å². The molecule has 2 aromatic heterocycles. The molecule has 0 aromatic carbocycles. The standard InChI is InChI=1S/C16H17BrFN3O3.ClH/c1-2-8-5-10(16(23)24)15(22)21-7-11(18)14(12(17)13(8)21)20-4-3-9(19)6-20;/h5,7,9H,2-4,6,19H2,1H3,(H,23,24);1H. The van der Waals surface area contributed by atoms with Gasteiger partial charge in [0.1, 0.15) is 5.56 Å². The first-order chi connectivity index (χ1) is 11.3. The Kier molecular flexibility index (Phi) is 5.75. The summed E-state index contributed by atoms with van der Waals surface area (Å²) in [6, 6.07) is 1.34. The maximum atomic E-state index is 14.7. The zero-order valence-electron chi connectivity index (χ0n) is 13.5.